The zero-order chi connectivity index (χ0) is 16.3. The molecule has 116 valence electrons. The van der Waals surface area contributed by atoms with Crippen molar-refractivity contribution in [3.05, 3.63) is 42.1 Å². The molecule has 1 aromatic heterocycles. The number of nitrogens with one attached hydrogen (secondary N) is 1. The Hall–Kier alpha value is -2.64. The van der Waals surface area contributed by atoms with Crippen LogP contribution in [0.3, 0.4) is 0 Å². The van der Waals surface area contributed by atoms with Crippen molar-refractivity contribution in [1.29, 1.82) is 0 Å². The maximum atomic E-state index is 12.2. The molecule has 0 bridgehead atoms. The molecule has 5 nitrogen and oxygen atoms in total. The third kappa shape index (κ3) is 3.72. The number of aliphatic carboxylic acids is 1. The number of halogens is 3. The average Bonchev–Trinajstić information content (AvgIpc) is 2.45. The summed E-state index contributed by atoms with van der Waals surface area (Å²) in [5, 5.41) is 11.2. The summed E-state index contributed by atoms with van der Waals surface area (Å²) in [5.41, 5.74) is 1.16. The third-order valence-corrected chi connectivity index (χ3v) is 2.97. The van der Waals surface area contributed by atoms with Gasteiger partial charge in [-0.25, -0.2) is 4.79 Å². The lowest BCUT2D eigenvalue weighted by atomic mass is 10.0. The van der Waals surface area contributed by atoms with Crippen molar-refractivity contribution in [2.24, 2.45) is 0 Å². The molecule has 0 saturated carbocycles. The van der Waals surface area contributed by atoms with Crippen LogP contribution in [0.1, 0.15) is 5.56 Å². The van der Waals surface area contributed by atoms with Crippen LogP contribution >= 0.6 is 0 Å². The van der Waals surface area contributed by atoms with Crippen molar-refractivity contribution in [3.63, 3.8) is 0 Å². The number of nitrogens with zero attached hydrogens (tertiary/aromatic N) is 1. The topological polar surface area (TPSA) is 79.3 Å². The molecule has 0 aliphatic heterocycles. The molecule has 1 heterocycles. The highest BCUT2D eigenvalue weighted by atomic mass is 19.4. The van der Waals surface area contributed by atoms with Gasteiger partial charge in [-0.05, 0) is 23.8 Å². The van der Waals surface area contributed by atoms with Gasteiger partial charge >= 0.3 is 18.1 Å². The Labute approximate surface area is 122 Å². The predicted octanol–water partition coefficient (Wildman–Crippen LogP) is 1.91. The first-order valence-electron chi connectivity index (χ1n) is 6.21. The summed E-state index contributed by atoms with van der Waals surface area (Å²) in [5.74, 6) is -3.81. The number of rotatable bonds is 4. The quantitative estimate of drug-likeness (QED) is 0.904. The van der Waals surface area contributed by atoms with E-state index in [0.717, 1.165) is 5.39 Å². The normalized spacial score (nSPS) is 12.9. The van der Waals surface area contributed by atoms with E-state index in [9.17, 15) is 22.8 Å². The Balaban J connectivity index is 2.19. The molecule has 0 radical (unpaired) electrons. The minimum atomic E-state index is -5.12. The Morgan fingerprint density at radius 3 is 2.64 bits per heavy atom. The van der Waals surface area contributed by atoms with Gasteiger partial charge in [-0.3, -0.25) is 9.78 Å². The first-order valence-corrected chi connectivity index (χ1v) is 6.21. The summed E-state index contributed by atoms with van der Waals surface area (Å²) in [4.78, 5) is 26.0. The Morgan fingerprint density at radius 1 is 1.27 bits per heavy atom. The van der Waals surface area contributed by atoms with E-state index in [4.69, 9.17) is 5.11 Å². The lowest BCUT2D eigenvalue weighted by Crippen LogP contribution is -2.47. The molecule has 22 heavy (non-hydrogen) atoms. The van der Waals surface area contributed by atoms with Crippen LogP contribution in [0.15, 0.2) is 36.5 Å². The van der Waals surface area contributed by atoms with Gasteiger partial charge in [0.15, 0.2) is 0 Å². The maximum absolute atomic E-state index is 12.2. The number of amides is 1. The van der Waals surface area contributed by atoms with E-state index in [1.54, 1.807) is 36.5 Å². The van der Waals surface area contributed by atoms with Gasteiger partial charge in [0, 0.05) is 18.0 Å². The van der Waals surface area contributed by atoms with E-state index in [-0.39, 0.29) is 6.42 Å². The molecule has 0 fully saturated rings. The average molecular weight is 312 g/mol. The van der Waals surface area contributed by atoms with E-state index in [0.29, 0.717) is 11.1 Å². The molecular weight excluding hydrogens is 301 g/mol. The van der Waals surface area contributed by atoms with Crippen molar-refractivity contribution in [2.45, 2.75) is 18.6 Å². The van der Waals surface area contributed by atoms with Gasteiger partial charge in [0.05, 0.1) is 5.52 Å². The Morgan fingerprint density at radius 2 is 2.00 bits per heavy atom. The molecule has 0 unspecified atom stereocenters. The van der Waals surface area contributed by atoms with Crippen LogP contribution in [0, 0.1) is 0 Å². The second-order valence-corrected chi connectivity index (χ2v) is 4.60. The number of carbonyl (C=O) groups excluding carboxylic acids is 1. The van der Waals surface area contributed by atoms with E-state index in [1.165, 1.54) is 5.32 Å². The Bertz CT molecular complexity index is 716. The largest absolute Gasteiger partial charge is 0.480 e. The zero-order valence-electron chi connectivity index (χ0n) is 11.1. The van der Waals surface area contributed by atoms with Crippen LogP contribution in [0.4, 0.5) is 13.2 Å². The number of aromatic nitrogens is 1. The lowest BCUT2D eigenvalue weighted by Gasteiger charge is -2.16. The van der Waals surface area contributed by atoms with Crippen LogP contribution in [0.2, 0.25) is 0 Å². The summed E-state index contributed by atoms with van der Waals surface area (Å²) in [7, 11) is 0. The smallest absolute Gasteiger partial charge is 0.471 e. The molecule has 1 aromatic carbocycles. The minimum absolute atomic E-state index is 0.262. The molecule has 2 rings (SSSR count). The van der Waals surface area contributed by atoms with Gasteiger partial charge in [-0.15, -0.1) is 0 Å². The fourth-order valence-corrected chi connectivity index (χ4v) is 1.93. The summed E-state index contributed by atoms with van der Waals surface area (Å²) < 4.78 is 36.6. The van der Waals surface area contributed by atoms with Gasteiger partial charge in [0.1, 0.15) is 6.04 Å². The van der Waals surface area contributed by atoms with Crippen LogP contribution in [-0.2, 0) is 16.0 Å². The van der Waals surface area contributed by atoms with Gasteiger partial charge in [0.25, 0.3) is 0 Å². The van der Waals surface area contributed by atoms with Gasteiger partial charge in [-0.2, -0.15) is 13.2 Å². The molecule has 0 aliphatic rings. The number of fused-ring (bicyclic) bond motifs is 1. The van der Waals surface area contributed by atoms with Crippen molar-refractivity contribution in [3.8, 4) is 0 Å². The fraction of sp³-hybridized carbons (Fsp3) is 0.214. The molecular formula is C14H11F3N2O3. The van der Waals surface area contributed by atoms with Crippen LogP contribution in [-0.4, -0.2) is 34.2 Å². The second kappa shape index (κ2) is 6.00. The monoisotopic (exact) mass is 312 g/mol. The van der Waals surface area contributed by atoms with Crippen molar-refractivity contribution in [2.75, 3.05) is 0 Å². The number of carbonyl (C=O) groups is 2. The van der Waals surface area contributed by atoms with E-state index < -0.39 is 24.1 Å². The molecule has 8 heteroatoms. The maximum Gasteiger partial charge on any atom is 0.471 e. The summed E-state index contributed by atoms with van der Waals surface area (Å²) in [6, 6.07) is 6.59. The van der Waals surface area contributed by atoms with Crippen LogP contribution in [0.5, 0.6) is 0 Å². The number of carboxylic acids is 1. The van der Waals surface area contributed by atoms with E-state index in [1.807, 2.05) is 0 Å². The number of hydrogen-bond acceptors (Lipinski definition) is 3. The van der Waals surface area contributed by atoms with Crippen molar-refractivity contribution < 1.29 is 27.9 Å². The molecule has 0 saturated heterocycles. The van der Waals surface area contributed by atoms with Crippen molar-refractivity contribution >= 4 is 22.8 Å². The molecule has 1 atom stereocenters. The lowest BCUT2D eigenvalue weighted by molar-refractivity contribution is -0.175. The van der Waals surface area contributed by atoms with Crippen LogP contribution < -0.4 is 5.32 Å². The van der Waals surface area contributed by atoms with Gasteiger partial charge < -0.3 is 10.4 Å². The number of alkyl halides is 3. The predicted molar refractivity (Wildman–Crippen MR) is 71.1 cm³/mol. The fourth-order valence-electron chi connectivity index (χ4n) is 1.93. The second-order valence-electron chi connectivity index (χ2n) is 4.60. The Kier molecular flexibility index (Phi) is 4.30. The summed E-state index contributed by atoms with van der Waals surface area (Å²) >= 11 is 0. The zero-order valence-corrected chi connectivity index (χ0v) is 11.1. The van der Waals surface area contributed by atoms with Crippen molar-refractivity contribution in [1.82, 2.24) is 10.3 Å². The molecule has 2 N–H and O–H groups in total. The highest BCUT2D eigenvalue weighted by Crippen LogP contribution is 2.17. The first kappa shape index (κ1) is 15.7. The third-order valence-electron chi connectivity index (χ3n) is 2.97. The molecule has 2 aromatic rings. The summed E-state index contributed by atoms with van der Waals surface area (Å²) in [6.45, 7) is 0. The summed E-state index contributed by atoms with van der Waals surface area (Å²) in [6.07, 6.45) is -3.80. The molecule has 1 amide bonds. The highest BCUT2D eigenvalue weighted by molar-refractivity contribution is 5.87. The number of carboxylic acid groups (broad SMARTS) is 1. The number of hydrogen-bond donors (Lipinski definition) is 2. The van der Waals surface area contributed by atoms with Crippen LogP contribution in [0.25, 0.3) is 10.9 Å². The van der Waals surface area contributed by atoms with Gasteiger partial charge in [-0.1, -0.05) is 12.1 Å². The standard InChI is InChI=1S/C14H11F3N2O3/c15-14(16,17)13(22)19-11(12(20)21)7-8-3-4-10-9(6-8)2-1-5-18-10/h1-6,11H,7H2,(H,19,22)(H,20,21)/t11-/m0/s1. The van der Waals surface area contributed by atoms with E-state index >= 15 is 0 Å². The number of benzene rings is 1. The number of pyridine rings is 1. The highest BCUT2D eigenvalue weighted by Gasteiger charge is 2.40. The van der Waals surface area contributed by atoms with E-state index in [2.05, 4.69) is 4.98 Å². The minimum Gasteiger partial charge on any atom is -0.480 e. The molecule has 0 aliphatic carbocycles. The van der Waals surface area contributed by atoms with Gasteiger partial charge in [0.2, 0.25) is 0 Å². The molecule has 0 spiro atoms. The first-order chi connectivity index (χ1) is 10.3. The SMILES string of the molecule is O=C(O)[C@H](Cc1ccc2ncccc2c1)NC(=O)C(F)(F)F.